The number of halogens is 4. The third kappa shape index (κ3) is 4.40. The Morgan fingerprint density at radius 3 is 2.52 bits per heavy atom. The van der Waals surface area contributed by atoms with Crippen LogP contribution in [0.3, 0.4) is 0 Å². The maximum absolute atomic E-state index is 14.3. The van der Waals surface area contributed by atoms with Crippen LogP contribution in [0.5, 0.6) is 11.5 Å². The van der Waals surface area contributed by atoms with Crippen molar-refractivity contribution < 1.29 is 27.0 Å². The van der Waals surface area contributed by atoms with Gasteiger partial charge in [0.15, 0.2) is 17.6 Å². The van der Waals surface area contributed by atoms with Crippen LogP contribution in [0.25, 0.3) is 0 Å². The van der Waals surface area contributed by atoms with Gasteiger partial charge in [-0.25, -0.2) is 8.78 Å². The number of alkyl halides is 4. The van der Waals surface area contributed by atoms with Crippen LogP contribution in [0.1, 0.15) is 20.3 Å². The van der Waals surface area contributed by atoms with Gasteiger partial charge >= 0.3 is 6.61 Å². The van der Waals surface area contributed by atoms with Crippen molar-refractivity contribution >= 4 is 5.69 Å². The van der Waals surface area contributed by atoms with Crippen LogP contribution < -0.4 is 15.2 Å². The summed E-state index contributed by atoms with van der Waals surface area (Å²) in [6, 6.07) is 3.77. The minimum absolute atomic E-state index is 0.00363. The zero-order chi connectivity index (χ0) is 17.2. The van der Waals surface area contributed by atoms with E-state index in [1.807, 2.05) is 13.8 Å². The lowest BCUT2D eigenvalue weighted by Gasteiger charge is -2.40. The van der Waals surface area contributed by atoms with Gasteiger partial charge in [-0.3, -0.25) is 4.90 Å². The zero-order valence-electron chi connectivity index (χ0n) is 12.9. The van der Waals surface area contributed by atoms with Gasteiger partial charge in [-0.1, -0.05) is 0 Å². The topological polar surface area (TPSA) is 47.7 Å². The number of hydrogen-bond acceptors (Lipinski definition) is 4. The zero-order valence-corrected chi connectivity index (χ0v) is 12.9. The largest absolute Gasteiger partial charge is 0.480 e. The normalized spacial score (nSPS) is 21.7. The SMILES string of the molecule is CC(C)N1CCC(Oc2ccc(N)cc2OC(F)F)C(F)(F)C1. The molecule has 1 aromatic carbocycles. The van der Waals surface area contributed by atoms with Crippen molar-refractivity contribution in [3.05, 3.63) is 18.2 Å². The van der Waals surface area contributed by atoms with Gasteiger partial charge in [-0.05, 0) is 26.0 Å². The van der Waals surface area contributed by atoms with Gasteiger partial charge in [0.1, 0.15) is 0 Å². The third-order valence-corrected chi connectivity index (χ3v) is 3.75. The first-order valence-corrected chi connectivity index (χ1v) is 7.32. The van der Waals surface area contributed by atoms with E-state index in [0.717, 1.165) is 6.07 Å². The molecule has 0 aliphatic carbocycles. The number of nitrogen functional groups attached to an aromatic ring is 1. The second-order valence-corrected chi connectivity index (χ2v) is 5.81. The molecule has 1 heterocycles. The molecule has 1 aromatic rings. The fourth-order valence-electron chi connectivity index (χ4n) is 2.50. The second kappa shape index (κ2) is 6.82. The summed E-state index contributed by atoms with van der Waals surface area (Å²) in [6.07, 6.45) is -1.31. The average molecular weight is 336 g/mol. The van der Waals surface area contributed by atoms with Gasteiger partial charge in [-0.15, -0.1) is 0 Å². The first-order chi connectivity index (χ1) is 10.7. The lowest BCUT2D eigenvalue weighted by Crippen LogP contribution is -2.55. The van der Waals surface area contributed by atoms with Gasteiger partial charge in [0.2, 0.25) is 0 Å². The maximum atomic E-state index is 14.3. The molecule has 2 N–H and O–H groups in total. The molecular formula is C15H20F4N2O2. The van der Waals surface area contributed by atoms with E-state index in [4.69, 9.17) is 10.5 Å². The highest BCUT2D eigenvalue weighted by atomic mass is 19.3. The van der Waals surface area contributed by atoms with Crippen LogP contribution in [0, 0.1) is 0 Å². The number of benzene rings is 1. The summed E-state index contributed by atoms with van der Waals surface area (Å²) in [4.78, 5) is 1.65. The van der Waals surface area contributed by atoms with E-state index in [-0.39, 0.29) is 29.6 Å². The predicted molar refractivity (Wildman–Crippen MR) is 78.2 cm³/mol. The molecule has 0 spiro atoms. The van der Waals surface area contributed by atoms with Crippen molar-refractivity contribution in [2.75, 3.05) is 18.8 Å². The summed E-state index contributed by atoms with van der Waals surface area (Å²) >= 11 is 0. The van der Waals surface area contributed by atoms with Crippen LogP contribution in [-0.2, 0) is 0 Å². The molecule has 2 rings (SSSR count). The first kappa shape index (κ1) is 17.7. The van der Waals surface area contributed by atoms with Crippen LogP contribution in [0.4, 0.5) is 23.2 Å². The highest BCUT2D eigenvalue weighted by molar-refractivity contribution is 5.52. The summed E-state index contributed by atoms with van der Waals surface area (Å²) in [7, 11) is 0. The summed E-state index contributed by atoms with van der Waals surface area (Å²) < 4.78 is 63.0. The monoisotopic (exact) mass is 336 g/mol. The minimum Gasteiger partial charge on any atom is -0.480 e. The van der Waals surface area contributed by atoms with Crippen LogP contribution in [0.2, 0.25) is 0 Å². The fourth-order valence-corrected chi connectivity index (χ4v) is 2.50. The summed E-state index contributed by atoms with van der Waals surface area (Å²) in [5.41, 5.74) is 5.68. The molecule has 1 unspecified atom stereocenters. The summed E-state index contributed by atoms with van der Waals surface area (Å²) in [5.74, 6) is -3.60. The predicted octanol–water partition coefficient (Wildman–Crippen LogP) is 3.37. The van der Waals surface area contributed by atoms with E-state index in [1.165, 1.54) is 12.1 Å². The fraction of sp³-hybridized carbons (Fsp3) is 0.600. The lowest BCUT2D eigenvalue weighted by molar-refractivity contribution is -0.145. The lowest BCUT2D eigenvalue weighted by atomic mass is 10.0. The number of likely N-dealkylation sites (tertiary alicyclic amines) is 1. The van der Waals surface area contributed by atoms with Crippen molar-refractivity contribution in [2.45, 2.75) is 44.9 Å². The Morgan fingerprint density at radius 2 is 1.96 bits per heavy atom. The molecule has 1 aliphatic heterocycles. The van der Waals surface area contributed by atoms with Crippen molar-refractivity contribution in [3.63, 3.8) is 0 Å². The third-order valence-electron chi connectivity index (χ3n) is 3.75. The molecule has 0 amide bonds. The molecule has 4 nitrogen and oxygen atoms in total. The van der Waals surface area contributed by atoms with Crippen LogP contribution >= 0.6 is 0 Å². The van der Waals surface area contributed by atoms with Crippen LogP contribution in [0.15, 0.2) is 18.2 Å². The number of ether oxygens (including phenoxy) is 2. The molecule has 8 heteroatoms. The number of rotatable bonds is 5. The minimum atomic E-state index is -3.09. The Bertz CT molecular complexity index is 540. The number of anilines is 1. The molecule has 23 heavy (non-hydrogen) atoms. The molecule has 0 aromatic heterocycles. The molecule has 0 bridgehead atoms. The first-order valence-electron chi connectivity index (χ1n) is 7.32. The second-order valence-electron chi connectivity index (χ2n) is 5.81. The molecule has 1 atom stereocenters. The van der Waals surface area contributed by atoms with E-state index in [2.05, 4.69) is 4.74 Å². The number of piperidine rings is 1. The van der Waals surface area contributed by atoms with Gasteiger partial charge < -0.3 is 15.2 Å². The van der Waals surface area contributed by atoms with Gasteiger partial charge in [0, 0.05) is 30.8 Å². The van der Waals surface area contributed by atoms with Crippen molar-refractivity contribution in [3.8, 4) is 11.5 Å². The smallest absolute Gasteiger partial charge is 0.387 e. The van der Waals surface area contributed by atoms with E-state index < -0.39 is 25.2 Å². The van der Waals surface area contributed by atoms with Gasteiger partial charge in [-0.2, -0.15) is 8.78 Å². The molecule has 130 valence electrons. The summed E-state index contributed by atoms with van der Waals surface area (Å²) in [5, 5.41) is 0. The molecule has 1 fully saturated rings. The molecule has 1 saturated heterocycles. The standard InChI is InChI=1S/C15H20F4N2O2/c1-9(2)21-6-5-13(15(18,19)8-21)22-11-4-3-10(20)7-12(11)23-14(16)17/h3-4,7,9,13-14H,5-6,8,20H2,1-2H3. The van der Waals surface area contributed by atoms with Gasteiger partial charge in [0.05, 0.1) is 6.54 Å². The number of hydrogen-bond donors (Lipinski definition) is 1. The Kier molecular flexibility index (Phi) is 5.23. The van der Waals surface area contributed by atoms with Crippen molar-refractivity contribution in [1.82, 2.24) is 4.90 Å². The Labute approximate surface area is 132 Å². The Morgan fingerprint density at radius 1 is 1.26 bits per heavy atom. The van der Waals surface area contributed by atoms with Crippen LogP contribution in [-0.4, -0.2) is 42.7 Å². The maximum Gasteiger partial charge on any atom is 0.387 e. The highest BCUT2D eigenvalue weighted by Crippen LogP contribution is 2.37. The van der Waals surface area contributed by atoms with E-state index in [9.17, 15) is 17.6 Å². The molecule has 0 saturated carbocycles. The summed E-state index contributed by atoms with van der Waals surface area (Å²) in [6.45, 7) is 0.590. The molecule has 1 aliphatic rings. The average Bonchev–Trinajstić information content (AvgIpc) is 2.42. The van der Waals surface area contributed by atoms with Gasteiger partial charge in [0.25, 0.3) is 5.92 Å². The molecular weight excluding hydrogens is 316 g/mol. The quantitative estimate of drug-likeness (QED) is 0.662. The van der Waals surface area contributed by atoms with Crippen molar-refractivity contribution in [1.29, 1.82) is 0 Å². The van der Waals surface area contributed by atoms with E-state index in [0.29, 0.717) is 6.54 Å². The Balaban J connectivity index is 2.16. The Hall–Kier alpha value is -1.70. The van der Waals surface area contributed by atoms with Crippen molar-refractivity contribution in [2.24, 2.45) is 0 Å². The number of nitrogens with zero attached hydrogens (tertiary/aromatic N) is 1. The molecule has 0 radical (unpaired) electrons. The number of nitrogens with two attached hydrogens (primary N) is 1. The van der Waals surface area contributed by atoms with E-state index in [1.54, 1.807) is 4.90 Å². The highest BCUT2D eigenvalue weighted by Gasteiger charge is 2.47. The van der Waals surface area contributed by atoms with E-state index >= 15 is 0 Å².